The van der Waals surface area contributed by atoms with E-state index in [2.05, 4.69) is 15.5 Å². The van der Waals surface area contributed by atoms with Gasteiger partial charge in [0.25, 0.3) is 5.91 Å². The minimum atomic E-state index is -0.231. The molecule has 0 unspecified atom stereocenters. The van der Waals surface area contributed by atoms with E-state index in [1.165, 1.54) is 11.8 Å². The molecule has 29 heavy (non-hydrogen) atoms. The van der Waals surface area contributed by atoms with Gasteiger partial charge in [-0.15, -0.1) is 10.2 Å². The number of carbonyl (C=O) groups is 1. The summed E-state index contributed by atoms with van der Waals surface area (Å²) < 4.78 is 7.73. The SMILES string of the molecule is Cn1cnnc1Sc1ccc(NC(=O)c2ccccc2Oc2ccccc2)cc1. The number of rotatable bonds is 6. The second kappa shape index (κ2) is 8.62. The molecule has 0 aliphatic carbocycles. The number of benzene rings is 3. The third-order valence-corrected chi connectivity index (χ3v) is 5.15. The summed E-state index contributed by atoms with van der Waals surface area (Å²) >= 11 is 1.51. The molecule has 0 bridgehead atoms. The van der Waals surface area contributed by atoms with Crippen LogP contribution in [0.1, 0.15) is 10.4 Å². The smallest absolute Gasteiger partial charge is 0.259 e. The number of anilines is 1. The van der Waals surface area contributed by atoms with Gasteiger partial charge in [-0.2, -0.15) is 0 Å². The van der Waals surface area contributed by atoms with E-state index in [4.69, 9.17) is 4.74 Å². The molecule has 144 valence electrons. The third-order valence-electron chi connectivity index (χ3n) is 4.09. The topological polar surface area (TPSA) is 69.0 Å². The molecule has 0 saturated heterocycles. The molecule has 1 amide bonds. The molecule has 3 aromatic carbocycles. The normalized spacial score (nSPS) is 10.5. The number of hydrogen-bond donors (Lipinski definition) is 1. The minimum Gasteiger partial charge on any atom is -0.457 e. The highest BCUT2D eigenvalue weighted by Gasteiger charge is 2.13. The van der Waals surface area contributed by atoms with Crippen LogP contribution in [0, 0.1) is 0 Å². The van der Waals surface area contributed by atoms with Gasteiger partial charge < -0.3 is 14.6 Å². The molecule has 0 spiro atoms. The first-order valence-corrected chi connectivity index (χ1v) is 9.76. The Kier molecular flexibility index (Phi) is 5.58. The van der Waals surface area contributed by atoms with Crippen molar-refractivity contribution in [2.24, 2.45) is 7.05 Å². The quantitative estimate of drug-likeness (QED) is 0.491. The zero-order chi connectivity index (χ0) is 20.1. The molecular formula is C22H18N4O2S. The maximum atomic E-state index is 12.8. The zero-order valence-electron chi connectivity index (χ0n) is 15.6. The van der Waals surface area contributed by atoms with Crippen molar-refractivity contribution in [3.05, 3.63) is 90.8 Å². The Hall–Kier alpha value is -3.58. The fourth-order valence-corrected chi connectivity index (χ4v) is 3.40. The number of aryl methyl sites for hydroxylation is 1. The summed E-state index contributed by atoms with van der Waals surface area (Å²) in [5.41, 5.74) is 1.17. The summed E-state index contributed by atoms with van der Waals surface area (Å²) in [5.74, 6) is 0.953. The number of hydrogen-bond acceptors (Lipinski definition) is 5. The molecule has 7 heteroatoms. The fraction of sp³-hybridized carbons (Fsp3) is 0.0455. The average molecular weight is 402 g/mol. The van der Waals surface area contributed by atoms with E-state index in [-0.39, 0.29) is 5.91 Å². The molecule has 0 aliphatic rings. The molecule has 0 saturated carbocycles. The lowest BCUT2D eigenvalue weighted by Crippen LogP contribution is -2.12. The van der Waals surface area contributed by atoms with Crippen LogP contribution in [0.2, 0.25) is 0 Å². The van der Waals surface area contributed by atoms with Crippen molar-refractivity contribution in [2.45, 2.75) is 10.1 Å². The van der Waals surface area contributed by atoms with Crippen LogP contribution in [0.25, 0.3) is 0 Å². The first-order valence-electron chi connectivity index (χ1n) is 8.94. The number of nitrogens with one attached hydrogen (secondary N) is 1. The Bertz CT molecular complexity index is 1110. The summed E-state index contributed by atoms with van der Waals surface area (Å²) in [6, 6.07) is 24.1. The second-order valence-corrected chi connectivity index (χ2v) is 7.26. The number of amides is 1. The Balaban J connectivity index is 1.46. The molecule has 0 fully saturated rings. The van der Waals surface area contributed by atoms with E-state index in [9.17, 15) is 4.79 Å². The summed E-state index contributed by atoms with van der Waals surface area (Å²) in [6.45, 7) is 0. The van der Waals surface area contributed by atoms with Gasteiger partial charge >= 0.3 is 0 Å². The van der Waals surface area contributed by atoms with Gasteiger partial charge in [0.2, 0.25) is 0 Å². The lowest BCUT2D eigenvalue weighted by atomic mass is 10.2. The second-order valence-electron chi connectivity index (χ2n) is 6.22. The maximum Gasteiger partial charge on any atom is 0.259 e. The first-order chi connectivity index (χ1) is 14.2. The fourth-order valence-electron chi connectivity index (χ4n) is 2.63. The number of carbonyl (C=O) groups excluding carboxylic acids is 1. The monoisotopic (exact) mass is 402 g/mol. The Morgan fingerprint density at radius 1 is 0.966 bits per heavy atom. The largest absolute Gasteiger partial charge is 0.457 e. The van der Waals surface area contributed by atoms with Gasteiger partial charge in [0.1, 0.15) is 17.8 Å². The van der Waals surface area contributed by atoms with Crippen molar-refractivity contribution < 1.29 is 9.53 Å². The third kappa shape index (κ3) is 4.64. The molecule has 0 aliphatic heterocycles. The minimum absolute atomic E-state index is 0.231. The highest BCUT2D eigenvalue weighted by atomic mass is 32.2. The van der Waals surface area contributed by atoms with Crippen molar-refractivity contribution in [3.8, 4) is 11.5 Å². The summed E-state index contributed by atoms with van der Waals surface area (Å²) in [5, 5.41) is 11.6. The van der Waals surface area contributed by atoms with Gasteiger partial charge in [0.15, 0.2) is 5.16 Å². The van der Waals surface area contributed by atoms with Gasteiger partial charge in [-0.1, -0.05) is 30.3 Å². The van der Waals surface area contributed by atoms with E-state index in [0.717, 1.165) is 10.1 Å². The predicted octanol–water partition coefficient (Wildman–Crippen LogP) is 5.01. The Morgan fingerprint density at radius 2 is 1.69 bits per heavy atom. The van der Waals surface area contributed by atoms with Gasteiger partial charge in [0, 0.05) is 17.6 Å². The standard InChI is InChI=1S/C22H18N4O2S/c1-26-15-23-25-22(26)29-18-13-11-16(12-14-18)24-21(27)19-9-5-6-10-20(19)28-17-7-3-2-4-8-17/h2-15H,1H3,(H,24,27). The van der Waals surface area contributed by atoms with Crippen LogP contribution in [-0.2, 0) is 7.05 Å². The van der Waals surface area contributed by atoms with Crippen LogP contribution >= 0.6 is 11.8 Å². The summed E-state index contributed by atoms with van der Waals surface area (Å²) in [6.07, 6.45) is 1.66. The van der Waals surface area contributed by atoms with Crippen molar-refractivity contribution in [1.82, 2.24) is 14.8 Å². The first kappa shape index (κ1) is 18.8. The molecule has 6 nitrogen and oxygen atoms in total. The van der Waals surface area contributed by atoms with Crippen molar-refractivity contribution in [1.29, 1.82) is 0 Å². The van der Waals surface area contributed by atoms with Gasteiger partial charge in [-0.05, 0) is 60.3 Å². The van der Waals surface area contributed by atoms with Crippen molar-refractivity contribution >= 4 is 23.4 Å². The molecule has 1 aromatic heterocycles. The van der Waals surface area contributed by atoms with Gasteiger partial charge in [-0.25, -0.2) is 0 Å². The predicted molar refractivity (Wildman–Crippen MR) is 112 cm³/mol. The highest BCUT2D eigenvalue weighted by molar-refractivity contribution is 7.99. The van der Waals surface area contributed by atoms with Crippen LogP contribution in [0.15, 0.2) is 95.2 Å². The molecule has 4 aromatic rings. The van der Waals surface area contributed by atoms with Crippen LogP contribution in [0.3, 0.4) is 0 Å². The molecule has 0 radical (unpaired) electrons. The lowest BCUT2D eigenvalue weighted by Gasteiger charge is -2.11. The van der Waals surface area contributed by atoms with Crippen LogP contribution < -0.4 is 10.1 Å². The lowest BCUT2D eigenvalue weighted by molar-refractivity contribution is 0.102. The van der Waals surface area contributed by atoms with Gasteiger partial charge in [-0.3, -0.25) is 4.79 Å². The van der Waals surface area contributed by atoms with E-state index in [1.807, 2.05) is 78.3 Å². The number of para-hydroxylation sites is 2. The molecule has 0 atom stereocenters. The van der Waals surface area contributed by atoms with Crippen LogP contribution in [-0.4, -0.2) is 20.7 Å². The van der Waals surface area contributed by atoms with E-state index < -0.39 is 0 Å². The molecule has 4 rings (SSSR count). The van der Waals surface area contributed by atoms with E-state index in [1.54, 1.807) is 18.5 Å². The average Bonchev–Trinajstić information content (AvgIpc) is 3.15. The zero-order valence-corrected chi connectivity index (χ0v) is 16.5. The van der Waals surface area contributed by atoms with Gasteiger partial charge in [0.05, 0.1) is 5.56 Å². The van der Waals surface area contributed by atoms with Crippen LogP contribution in [0.5, 0.6) is 11.5 Å². The van der Waals surface area contributed by atoms with E-state index in [0.29, 0.717) is 22.7 Å². The highest BCUT2D eigenvalue weighted by Crippen LogP contribution is 2.28. The maximum absolute atomic E-state index is 12.8. The van der Waals surface area contributed by atoms with Crippen LogP contribution in [0.4, 0.5) is 5.69 Å². The Labute approximate surface area is 172 Å². The number of nitrogens with zero attached hydrogens (tertiary/aromatic N) is 3. The van der Waals surface area contributed by atoms with Crippen molar-refractivity contribution in [2.75, 3.05) is 5.32 Å². The molecular weight excluding hydrogens is 384 g/mol. The molecule has 1 heterocycles. The van der Waals surface area contributed by atoms with Crippen molar-refractivity contribution in [3.63, 3.8) is 0 Å². The Morgan fingerprint density at radius 3 is 2.41 bits per heavy atom. The summed E-state index contributed by atoms with van der Waals surface area (Å²) in [7, 11) is 1.89. The number of ether oxygens (including phenoxy) is 1. The van der Waals surface area contributed by atoms with E-state index >= 15 is 0 Å². The number of aromatic nitrogens is 3. The molecule has 1 N–H and O–H groups in total. The summed E-state index contributed by atoms with van der Waals surface area (Å²) in [4.78, 5) is 13.8.